The topological polar surface area (TPSA) is 73.4 Å². The normalized spacial score (nSPS) is 19.0. The van der Waals surface area contributed by atoms with Crippen LogP contribution < -0.4 is 16.2 Å². The summed E-state index contributed by atoms with van der Waals surface area (Å²) >= 11 is 0. The second-order valence-electron chi connectivity index (χ2n) is 7.79. The van der Waals surface area contributed by atoms with Crippen LogP contribution >= 0.6 is 0 Å². The molecule has 2 aliphatic heterocycles. The van der Waals surface area contributed by atoms with Crippen molar-refractivity contribution in [3.63, 3.8) is 0 Å². The van der Waals surface area contributed by atoms with Crippen LogP contribution in [0.25, 0.3) is 11.1 Å². The first-order valence-electron chi connectivity index (χ1n) is 9.36. The van der Waals surface area contributed by atoms with Crippen molar-refractivity contribution < 1.29 is 9.13 Å². The molecule has 1 aromatic heterocycles. The molecule has 2 aliphatic rings. The molecule has 144 valence electrons. The van der Waals surface area contributed by atoms with Gasteiger partial charge in [0.05, 0.1) is 12.2 Å². The van der Waals surface area contributed by atoms with Crippen LogP contribution in [-0.2, 0) is 11.8 Å². The van der Waals surface area contributed by atoms with Crippen LogP contribution in [0.3, 0.4) is 0 Å². The highest BCUT2D eigenvalue weighted by atomic mass is 19.1. The van der Waals surface area contributed by atoms with E-state index in [1.807, 2.05) is 0 Å². The Morgan fingerprint density at radius 1 is 1.26 bits per heavy atom. The highest BCUT2D eigenvalue weighted by Gasteiger charge is 2.38. The molecule has 0 saturated carbocycles. The summed E-state index contributed by atoms with van der Waals surface area (Å²) in [5, 5.41) is 0. The number of halogens is 1. The number of benzene rings is 1. The lowest BCUT2D eigenvalue weighted by molar-refractivity contribution is 0.133. The summed E-state index contributed by atoms with van der Waals surface area (Å²) < 4.78 is 20.7. The zero-order valence-corrected chi connectivity index (χ0v) is 15.8. The van der Waals surface area contributed by atoms with E-state index < -0.39 is 0 Å². The van der Waals surface area contributed by atoms with Crippen molar-refractivity contribution in [2.75, 3.05) is 36.9 Å². The highest BCUT2D eigenvalue weighted by Crippen LogP contribution is 2.40. The van der Waals surface area contributed by atoms with Crippen LogP contribution in [0.4, 0.5) is 16.2 Å². The fraction of sp³-hybridized carbons (Fsp3) is 0.500. The van der Waals surface area contributed by atoms with E-state index in [2.05, 4.69) is 9.88 Å². The number of rotatable bonds is 2. The Balaban J connectivity index is 1.66. The largest absolute Gasteiger partial charge is 0.383 e. The zero-order chi connectivity index (χ0) is 19.2. The molecule has 3 heterocycles. The Morgan fingerprint density at radius 3 is 2.63 bits per heavy atom. The van der Waals surface area contributed by atoms with E-state index in [-0.39, 0.29) is 22.6 Å². The molecule has 0 bridgehead atoms. The molecule has 27 heavy (non-hydrogen) atoms. The average Bonchev–Trinajstić information content (AvgIpc) is 3.10. The molecule has 0 atom stereocenters. The number of nitrogen functional groups attached to an aromatic ring is 1. The first-order chi connectivity index (χ1) is 12.9. The van der Waals surface area contributed by atoms with Gasteiger partial charge in [0.2, 0.25) is 5.95 Å². The second-order valence-corrected chi connectivity index (χ2v) is 7.79. The van der Waals surface area contributed by atoms with Crippen LogP contribution in [0.2, 0.25) is 0 Å². The molecule has 2 aromatic rings. The average molecular weight is 372 g/mol. The molecular weight excluding hydrogens is 347 g/mol. The number of aryl methyl sites for hydroxylation is 1. The maximum atomic E-state index is 13.6. The van der Waals surface area contributed by atoms with E-state index >= 15 is 0 Å². The van der Waals surface area contributed by atoms with Gasteiger partial charge in [0.1, 0.15) is 11.6 Å². The Kier molecular flexibility index (Phi) is 4.42. The second kappa shape index (κ2) is 6.64. The first kappa shape index (κ1) is 18.0. The van der Waals surface area contributed by atoms with Gasteiger partial charge in [-0.25, -0.2) is 4.39 Å². The van der Waals surface area contributed by atoms with Crippen molar-refractivity contribution in [1.82, 2.24) is 9.55 Å². The summed E-state index contributed by atoms with van der Waals surface area (Å²) in [6, 6.07) is 4.56. The monoisotopic (exact) mass is 372 g/mol. The summed E-state index contributed by atoms with van der Waals surface area (Å²) in [4.78, 5) is 19.7. The minimum absolute atomic E-state index is 0.184. The summed E-state index contributed by atoms with van der Waals surface area (Å²) in [6.45, 7) is 5.00. The molecule has 6 nitrogen and oxygen atoms in total. The lowest BCUT2D eigenvalue weighted by Gasteiger charge is -2.39. The number of nitrogens with two attached hydrogens (primary N) is 1. The molecular formula is C20H25FN4O2. The van der Waals surface area contributed by atoms with Crippen molar-refractivity contribution in [3.05, 3.63) is 39.9 Å². The maximum Gasteiger partial charge on any atom is 0.264 e. The number of hydrogen-bond donors (Lipinski definition) is 1. The number of ether oxygens (including phenoxy) is 1. The molecule has 2 fully saturated rings. The number of anilines is 2. The Bertz CT molecular complexity index is 924. The van der Waals surface area contributed by atoms with Crippen LogP contribution in [0, 0.1) is 18.2 Å². The number of nitrogens with zero attached hydrogens (tertiary/aromatic N) is 3. The van der Waals surface area contributed by atoms with E-state index in [9.17, 15) is 9.18 Å². The van der Waals surface area contributed by atoms with Gasteiger partial charge in [-0.1, -0.05) is 6.07 Å². The minimum atomic E-state index is -0.308. The third-order valence-electron chi connectivity index (χ3n) is 6.03. The van der Waals surface area contributed by atoms with E-state index in [0.29, 0.717) is 22.6 Å². The first-order valence-corrected chi connectivity index (χ1v) is 9.36. The molecule has 2 N–H and O–H groups in total. The smallest absolute Gasteiger partial charge is 0.264 e. The van der Waals surface area contributed by atoms with Crippen molar-refractivity contribution in [1.29, 1.82) is 0 Å². The molecule has 1 aromatic carbocycles. The van der Waals surface area contributed by atoms with Crippen LogP contribution in [0.15, 0.2) is 23.0 Å². The van der Waals surface area contributed by atoms with Crippen molar-refractivity contribution in [2.45, 2.75) is 26.2 Å². The molecule has 0 amide bonds. The van der Waals surface area contributed by atoms with Crippen LogP contribution in [0.1, 0.15) is 24.8 Å². The third-order valence-corrected chi connectivity index (χ3v) is 6.03. The molecule has 4 rings (SSSR count). The SMILES string of the molecule is Cc1cc(-c2c(N)nc(N3CCC4(CCOC4)CC3)n(C)c2=O)ccc1F. The van der Waals surface area contributed by atoms with Gasteiger partial charge in [-0.15, -0.1) is 0 Å². The number of hydrogen-bond acceptors (Lipinski definition) is 5. The molecule has 7 heteroatoms. The lowest BCUT2D eigenvalue weighted by atomic mass is 9.78. The van der Waals surface area contributed by atoms with Crippen LogP contribution in [-0.4, -0.2) is 35.9 Å². The minimum Gasteiger partial charge on any atom is -0.383 e. The summed E-state index contributed by atoms with van der Waals surface area (Å²) in [5.74, 6) is 0.467. The highest BCUT2D eigenvalue weighted by molar-refractivity contribution is 5.74. The molecule has 0 aliphatic carbocycles. The predicted octanol–water partition coefficient (Wildman–Crippen LogP) is 2.48. The van der Waals surface area contributed by atoms with Gasteiger partial charge < -0.3 is 15.4 Å². The molecule has 2 saturated heterocycles. The van der Waals surface area contributed by atoms with Gasteiger partial charge in [-0.05, 0) is 54.9 Å². The van der Waals surface area contributed by atoms with Gasteiger partial charge in [0.15, 0.2) is 0 Å². The van der Waals surface area contributed by atoms with Gasteiger partial charge in [0, 0.05) is 26.7 Å². The fourth-order valence-corrected chi connectivity index (χ4v) is 4.19. The Labute approximate surface area is 157 Å². The van der Waals surface area contributed by atoms with Crippen molar-refractivity contribution in [2.24, 2.45) is 12.5 Å². The van der Waals surface area contributed by atoms with E-state index in [1.54, 1.807) is 30.7 Å². The summed E-state index contributed by atoms with van der Waals surface area (Å²) in [6.07, 6.45) is 3.17. The Hall–Kier alpha value is -2.41. The molecule has 0 unspecified atom stereocenters. The number of piperidine rings is 1. The fourth-order valence-electron chi connectivity index (χ4n) is 4.19. The summed E-state index contributed by atoms with van der Waals surface area (Å²) in [7, 11) is 1.72. The van der Waals surface area contributed by atoms with Gasteiger partial charge >= 0.3 is 0 Å². The quantitative estimate of drug-likeness (QED) is 0.877. The molecule has 1 spiro atoms. The lowest BCUT2D eigenvalue weighted by Crippen LogP contribution is -2.43. The predicted molar refractivity (Wildman–Crippen MR) is 103 cm³/mol. The van der Waals surface area contributed by atoms with Crippen LogP contribution in [0.5, 0.6) is 0 Å². The van der Waals surface area contributed by atoms with E-state index in [0.717, 1.165) is 45.6 Å². The third kappa shape index (κ3) is 3.10. The molecule has 0 radical (unpaired) electrons. The number of aromatic nitrogens is 2. The zero-order valence-electron chi connectivity index (χ0n) is 15.8. The van der Waals surface area contributed by atoms with Gasteiger partial charge in [0.25, 0.3) is 5.56 Å². The standard InChI is InChI=1S/C20H25FN4O2/c1-13-11-14(3-4-15(13)21)16-17(22)23-19(24(2)18(16)26)25-8-5-20(6-9-25)7-10-27-12-20/h3-4,11H,5-10,12,22H2,1-2H3. The van der Waals surface area contributed by atoms with Gasteiger partial charge in [-0.2, -0.15) is 4.98 Å². The summed E-state index contributed by atoms with van der Waals surface area (Å²) in [5.41, 5.74) is 7.62. The van der Waals surface area contributed by atoms with Crippen molar-refractivity contribution >= 4 is 11.8 Å². The van der Waals surface area contributed by atoms with E-state index in [1.165, 1.54) is 6.07 Å². The Morgan fingerprint density at radius 2 is 2.00 bits per heavy atom. The van der Waals surface area contributed by atoms with Crippen molar-refractivity contribution in [3.8, 4) is 11.1 Å². The van der Waals surface area contributed by atoms with Gasteiger partial charge in [-0.3, -0.25) is 9.36 Å². The van der Waals surface area contributed by atoms with E-state index in [4.69, 9.17) is 10.5 Å². The maximum absolute atomic E-state index is 13.6.